The van der Waals surface area contributed by atoms with Gasteiger partial charge < -0.3 is 125 Å². The van der Waals surface area contributed by atoms with Gasteiger partial charge in [0.15, 0.2) is 31.5 Å². The maximum Gasteiger partial charge on any atom is 0.234 e. The summed E-state index contributed by atoms with van der Waals surface area (Å²) in [6, 6.07) is -2.60. The van der Waals surface area contributed by atoms with Gasteiger partial charge in [0.2, 0.25) is 5.91 Å². The molecule has 27 heteroatoms. The number of aliphatic hydroxyl groups is 14. The predicted molar refractivity (Wildman–Crippen MR) is 189 cm³/mol. The number of hydrogen-bond donors (Lipinski definition) is 16. The summed E-state index contributed by atoms with van der Waals surface area (Å²) >= 11 is 0. The minimum absolute atomic E-state index is 0.805. The second kappa shape index (κ2) is 21.6. The lowest BCUT2D eigenvalue weighted by Crippen LogP contribution is -2.71. The van der Waals surface area contributed by atoms with Crippen LogP contribution in [0.5, 0.6) is 0 Å². The highest BCUT2D eigenvalue weighted by molar-refractivity contribution is 5.79. The van der Waals surface area contributed by atoms with Crippen molar-refractivity contribution in [2.75, 3.05) is 33.5 Å². The van der Waals surface area contributed by atoms with Crippen molar-refractivity contribution in [2.24, 2.45) is 5.73 Å². The lowest BCUT2D eigenvalue weighted by molar-refractivity contribution is -0.388. The van der Waals surface area contributed by atoms with E-state index < -0.39 is 192 Å². The van der Waals surface area contributed by atoms with E-state index in [1.54, 1.807) is 0 Å². The van der Waals surface area contributed by atoms with Crippen LogP contribution < -0.4 is 11.1 Å². The van der Waals surface area contributed by atoms with E-state index in [9.17, 15) is 76.3 Å². The zero-order chi connectivity index (χ0) is 45.2. The summed E-state index contributed by atoms with van der Waals surface area (Å²) in [5.41, 5.74) is 5.54. The molecule has 27 nitrogen and oxygen atoms in total. The summed E-state index contributed by atoms with van der Waals surface area (Å²) in [7, 11) is 1.18. The number of nitrogens with two attached hydrogens (primary N) is 1. The Hall–Kier alpha value is -1.53. The van der Waals surface area contributed by atoms with E-state index in [4.69, 9.17) is 53.1 Å². The normalized spacial score (nSPS) is 50.3. The largest absolute Gasteiger partial charge is 0.394 e. The van der Waals surface area contributed by atoms with E-state index in [1.165, 1.54) is 21.0 Å². The number of carbonyl (C=O) groups is 1. The zero-order valence-electron chi connectivity index (χ0n) is 33.2. The first-order valence-corrected chi connectivity index (χ1v) is 19.5. The van der Waals surface area contributed by atoms with Gasteiger partial charge in [-0.3, -0.25) is 10.1 Å². The standard InChI is InChI=1S/C34H60N2O25/c1-8(29(35)51)36-14-27(26(12(6-39)57-30(14)52-3)59-33-24(49)21(46)17(42)11(5-38)56-33)60-34-25(50)28(61-32-23(48)19(44)15(40)9(2)54-32)18(43)13(58-34)7-53-31-22(47)20(45)16(41)10(4-37)55-31/h8-28,30-34,36-50H,4-7H2,1-3H3,(H2,35,51)/t8?,9?,10?,11?,12?,13?,14?,15-,16+,17+,18+,19-,20-,21-,22?,23?,24?,25?,26-,27+,28-,30-,31-,32-,33+,34-/m0/s1. The summed E-state index contributed by atoms with van der Waals surface area (Å²) in [5, 5.41) is 151. The first-order valence-electron chi connectivity index (χ1n) is 19.5. The Balaban J connectivity index is 1.52. The molecule has 0 saturated carbocycles. The number of methoxy groups -OCH3 is 1. The summed E-state index contributed by atoms with van der Waals surface area (Å²) in [4.78, 5) is 12.3. The van der Waals surface area contributed by atoms with Gasteiger partial charge in [-0.1, -0.05) is 0 Å². The third kappa shape index (κ3) is 10.8. The van der Waals surface area contributed by atoms with Gasteiger partial charge in [0.25, 0.3) is 0 Å². The van der Waals surface area contributed by atoms with E-state index in [0.717, 1.165) is 0 Å². The first-order chi connectivity index (χ1) is 28.8. The maximum absolute atomic E-state index is 12.3. The number of aliphatic hydroxyl groups excluding tert-OH is 14. The molecule has 356 valence electrons. The van der Waals surface area contributed by atoms with Crippen molar-refractivity contribution in [1.29, 1.82) is 0 Å². The number of carbonyl (C=O) groups excluding carboxylic acids is 1. The Kier molecular flexibility index (Phi) is 17.9. The average molecular weight is 897 g/mol. The van der Waals surface area contributed by atoms with Crippen LogP contribution in [0.3, 0.4) is 0 Å². The second-order valence-corrected chi connectivity index (χ2v) is 15.5. The van der Waals surface area contributed by atoms with E-state index in [-0.39, 0.29) is 0 Å². The van der Waals surface area contributed by atoms with Crippen molar-refractivity contribution in [3.05, 3.63) is 0 Å². The molecule has 5 fully saturated rings. The van der Waals surface area contributed by atoms with E-state index in [0.29, 0.717) is 0 Å². The fourth-order valence-electron chi connectivity index (χ4n) is 7.60. The summed E-state index contributed by atoms with van der Waals surface area (Å²) < 4.78 is 57.7. The molecule has 11 unspecified atom stereocenters. The lowest BCUT2D eigenvalue weighted by Gasteiger charge is -2.51. The van der Waals surface area contributed by atoms with Crippen LogP contribution in [0.4, 0.5) is 0 Å². The van der Waals surface area contributed by atoms with Gasteiger partial charge >= 0.3 is 0 Å². The molecule has 0 radical (unpaired) electrons. The number of nitrogens with one attached hydrogen (secondary N) is 1. The minimum Gasteiger partial charge on any atom is -0.394 e. The zero-order valence-corrected chi connectivity index (χ0v) is 33.2. The van der Waals surface area contributed by atoms with Gasteiger partial charge in [-0.15, -0.1) is 0 Å². The molecule has 61 heavy (non-hydrogen) atoms. The third-order valence-corrected chi connectivity index (χ3v) is 11.4. The Morgan fingerprint density at radius 1 is 0.541 bits per heavy atom. The lowest BCUT2D eigenvalue weighted by atomic mass is 9.93. The molecule has 0 bridgehead atoms. The fourth-order valence-corrected chi connectivity index (χ4v) is 7.60. The summed E-state index contributed by atoms with van der Waals surface area (Å²) in [5.74, 6) is -0.896. The van der Waals surface area contributed by atoms with Crippen molar-refractivity contribution in [2.45, 2.75) is 173 Å². The fraction of sp³-hybridized carbons (Fsp3) is 0.971. The number of hydrogen-bond acceptors (Lipinski definition) is 26. The van der Waals surface area contributed by atoms with E-state index >= 15 is 0 Å². The molecule has 0 spiro atoms. The molecule has 0 aromatic heterocycles. The quantitative estimate of drug-likeness (QED) is 0.0684. The number of amides is 1. The van der Waals surface area contributed by atoms with Gasteiger partial charge in [-0.25, -0.2) is 0 Å². The Labute approximate surface area is 347 Å². The molecular formula is C34H60N2O25. The molecule has 5 aliphatic heterocycles. The van der Waals surface area contributed by atoms with Crippen molar-refractivity contribution in [3.63, 3.8) is 0 Å². The SMILES string of the molecule is CO[C@H]1OC(CO)[C@H](O[C@H]2OC(CO)[C@@H](O)[C@H](O)C2O)[C@H](O[C@@H]2OC(CO[C@H]3OC(CO)[C@@H](O)[C@H](O)C3O)[C@@H](O)[C@H](O[C@@H]3OC(C)[C@H](O)[C@H](O)C3O)C2O)C1NC(C)C(N)=O. The van der Waals surface area contributed by atoms with Crippen molar-refractivity contribution in [1.82, 2.24) is 5.32 Å². The Morgan fingerprint density at radius 2 is 0.984 bits per heavy atom. The van der Waals surface area contributed by atoms with Crippen LogP contribution >= 0.6 is 0 Å². The predicted octanol–water partition coefficient (Wildman–Crippen LogP) is -10.8. The van der Waals surface area contributed by atoms with Crippen LogP contribution in [0, 0.1) is 0 Å². The highest BCUT2D eigenvalue weighted by atomic mass is 16.8. The van der Waals surface area contributed by atoms with Gasteiger partial charge in [0.1, 0.15) is 110 Å². The third-order valence-electron chi connectivity index (χ3n) is 11.4. The second-order valence-electron chi connectivity index (χ2n) is 15.5. The topological polar surface area (TPSA) is 431 Å². The van der Waals surface area contributed by atoms with Crippen molar-refractivity contribution in [3.8, 4) is 0 Å². The molecule has 1 amide bonds. The Bertz CT molecular complexity index is 1380. The highest BCUT2D eigenvalue weighted by Gasteiger charge is 2.57. The van der Waals surface area contributed by atoms with Crippen LogP contribution in [-0.4, -0.2) is 270 Å². The van der Waals surface area contributed by atoms with Gasteiger partial charge in [0.05, 0.1) is 44.6 Å². The number of primary amides is 1. The molecule has 5 aliphatic rings. The molecule has 0 aromatic rings. The molecule has 5 saturated heterocycles. The monoisotopic (exact) mass is 896 g/mol. The number of rotatable bonds is 16. The average Bonchev–Trinajstić information content (AvgIpc) is 3.24. The van der Waals surface area contributed by atoms with Gasteiger partial charge in [-0.05, 0) is 13.8 Å². The van der Waals surface area contributed by atoms with E-state index in [1.807, 2.05) is 0 Å². The van der Waals surface area contributed by atoms with Crippen LogP contribution in [0.1, 0.15) is 13.8 Å². The molecule has 26 atom stereocenters. The smallest absolute Gasteiger partial charge is 0.234 e. The van der Waals surface area contributed by atoms with Crippen molar-refractivity contribution >= 4 is 5.91 Å². The van der Waals surface area contributed by atoms with Crippen LogP contribution in [0.15, 0.2) is 0 Å². The molecule has 0 aliphatic carbocycles. The molecule has 5 rings (SSSR count). The van der Waals surface area contributed by atoms with E-state index in [2.05, 4.69) is 5.32 Å². The molecular weight excluding hydrogens is 836 g/mol. The molecule has 17 N–H and O–H groups in total. The number of ether oxygens (including phenoxy) is 10. The van der Waals surface area contributed by atoms with Crippen LogP contribution in [0.25, 0.3) is 0 Å². The Morgan fingerprint density at radius 3 is 1.52 bits per heavy atom. The van der Waals surface area contributed by atoms with Crippen LogP contribution in [-0.2, 0) is 52.2 Å². The molecule has 5 heterocycles. The van der Waals surface area contributed by atoms with Gasteiger partial charge in [0, 0.05) is 7.11 Å². The van der Waals surface area contributed by atoms with Crippen molar-refractivity contribution < 1.29 is 124 Å². The van der Waals surface area contributed by atoms with Gasteiger partial charge in [-0.2, -0.15) is 0 Å². The maximum atomic E-state index is 12.3. The first kappa shape index (κ1) is 50.5. The minimum atomic E-state index is -2.13. The summed E-state index contributed by atoms with van der Waals surface area (Å²) in [6.07, 6.45) is -42.3. The summed E-state index contributed by atoms with van der Waals surface area (Å²) in [6.45, 7) is -0.669. The molecule has 0 aromatic carbocycles. The highest BCUT2D eigenvalue weighted by Crippen LogP contribution is 2.36. The van der Waals surface area contributed by atoms with Crippen LogP contribution in [0.2, 0.25) is 0 Å².